The fraction of sp³-hybridized carbons (Fsp3) is 0.167. The minimum Gasteiger partial charge on any atom is -0.395 e. The molecule has 8 heteroatoms. The van der Waals surface area contributed by atoms with E-state index < -0.39 is 0 Å². The monoisotopic (exact) mass is 404 g/mol. The Morgan fingerprint density at radius 2 is 2.00 bits per heavy atom. The molecule has 1 aliphatic rings. The van der Waals surface area contributed by atoms with Crippen molar-refractivity contribution in [1.82, 2.24) is 4.90 Å². The third-order valence-corrected chi connectivity index (χ3v) is 5.87. The summed E-state index contributed by atoms with van der Waals surface area (Å²) in [5.41, 5.74) is 0.672. The van der Waals surface area contributed by atoms with Gasteiger partial charge in [0.2, 0.25) is 5.91 Å². The number of rotatable bonds is 6. The third kappa shape index (κ3) is 4.21. The average Bonchev–Trinajstić information content (AvgIpc) is 3.24. The molecule has 5 nitrogen and oxygen atoms in total. The van der Waals surface area contributed by atoms with Crippen molar-refractivity contribution in [3.63, 3.8) is 0 Å². The first-order chi connectivity index (χ1) is 12.6. The number of hydrogen-bond acceptors (Lipinski definition) is 6. The van der Waals surface area contributed by atoms with E-state index in [2.05, 4.69) is 0 Å². The van der Waals surface area contributed by atoms with Gasteiger partial charge in [0.05, 0.1) is 11.5 Å². The van der Waals surface area contributed by atoms with Crippen LogP contribution in [-0.2, 0) is 9.59 Å². The van der Waals surface area contributed by atoms with Crippen molar-refractivity contribution in [2.24, 2.45) is 0 Å². The number of nitrogens with zero attached hydrogens (tertiary/aromatic N) is 2. The number of amides is 2. The first-order valence-corrected chi connectivity index (χ1v) is 9.95. The lowest BCUT2D eigenvalue weighted by Gasteiger charge is -2.24. The van der Waals surface area contributed by atoms with Crippen molar-refractivity contribution in [3.05, 3.63) is 57.6 Å². The highest BCUT2D eigenvalue weighted by molar-refractivity contribution is 8.26. The molecule has 1 N–H and O–H groups in total. The largest absolute Gasteiger partial charge is 0.395 e. The molecule has 1 aliphatic heterocycles. The second kappa shape index (κ2) is 8.59. The number of hydrogen-bond donors (Lipinski definition) is 1. The van der Waals surface area contributed by atoms with Crippen LogP contribution in [0.3, 0.4) is 0 Å². The van der Waals surface area contributed by atoms with Gasteiger partial charge in [0.1, 0.15) is 10.9 Å². The summed E-state index contributed by atoms with van der Waals surface area (Å²) in [6.07, 6.45) is 1.79. The number of carbonyl (C=O) groups is 2. The zero-order valence-electron chi connectivity index (χ0n) is 13.7. The summed E-state index contributed by atoms with van der Waals surface area (Å²) in [6.45, 7) is -0.165. The summed E-state index contributed by atoms with van der Waals surface area (Å²) in [6, 6.07) is 12.9. The summed E-state index contributed by atoms with van der Waals surface area (Å²) in [7, 11) is 0. The second-order valence-electron chi connectivity index (χ2n) is 5.39. The number of para-hydroxylation sites is 1. The summed E-state index contributed by atoms with van der Waals surface area (Å²) >= 11 is 8.02. The minimum atomic E-state index is -0.293. The highest BCUT2D eigenvalue weighted by Gasteiger charge is 2.34. The lowest BCUT2D eigenvalue weighted by molar-refractivity contribution is -0.127. The summed E-state index contributed by atoms with van der Waals surface area (Å²) in [5, 5.41) is 11.2. The van der Waals surface area contributed by atoms with Crippen LogP contribution >= 0.6 is 35.3 Å². The first kappa shape index (κ1) is 18.8. The molecule has 1 fully saturated rings. The summed E-state index contributed by atoms with van der Waals surface area (Å²) in [4.78, 5) is 29.6. The predicted octanol–water partition coefficient (Wildman–Crippen LogP) is 2.97. The van der Waals surface area contributed by atoms with Crippen LogP contribution < -0.4 is 4.90 Å². The Kier molecular flexibility index (Phi) is 6.20. The van der Waals surface area contributed by atoms with Gasteiger partial charge in [-0.25, -0.2) is 0 Å². The zero-order valence-corrected chi connectivity index (χ0v) is 16.1. The number of thiophene rings is 1. The molecule has 1 aromatic carbocycles. The topological polar surface area (TPSA) is 60.9 Å². The number of anilines is 1. The van der Waals surface area contributed by atoms with E-state index in [0.717, 1.165) is 4.88 Å². The van der Waals surface area contributed by atoms with Gasteiger partial charge >= 0.3 is 0 Å². The normalized spacial score (nSPS) is 15.7. The van der Waals surface area contributed by atoms with Gasteiger partial charge in [0.15, 0.2) is 0 Å². The van der Waals surface area contributed by atoms with E-state index in [1.807, 2.05) is 35.7 Å². The van der Waals surface area contributed by atoms with Crippen molar-refractivity contribution in [2.45, 2.75) is 0 Å². The van der Waals surface area contributed by atoms with Crippen molar-refractivity contribution in [2.75, 3.05) is 24.6 Å². The Balaban J connectivity index is 1.75. The molecule has 2 aromatic rings. The number of carbonyl (C=O) groups excluding carboxylic acids is 2. The molecule has 3 rings (SSSR count). The smallest absolute Gasteiger partial charge is 0.266 e. The van der Waals surface area contributed by atoms with Gasteiger partial charge in [-0.1, -0.05) is 48.2 Å². The molecular weight excluding hydrogens is 388 g/mol. The molecule has 2 heterocycles. The molecular formula is C18H16N2O3S3. The molecule has 26 heavy (non-hydrogen) atoms. The third-order valence-electron chi connectivity index (χ3n) is 3.68. The number of thioether (sulfide) groups is 1. The minimum absolute atomic E-state index is 0.151. The van der Waals surface area contributed by atoms with E-state index in [1.54, 1.807) is 18.2 Å². The molecule has 0 spiro atoms. The van der Waals surface area contributed by atoms with Crippen LogP contribution in [0.5, 0.6) is 0 Å². The maximum atomic E-state index is 12.7. The van der Waals surface area contributed by atoms with Crippen LogP contribution in [0.4, 0.5) is 5.69 Å². The molecule has 0 saturated carbocycles. The van der Waals surface area contributed by atoms with E-state index >= 15 is 0 Å². The van der Waals surface area contributed by atoms with E-state index in [1.165, 1.54) is 32.9 Å². The highest BCUT2D eigenvalue weighted by Crippen LogP contribution is 2.33. The van der Waals surface area contributed by atoms with Gasteiger partial charge in [-0.3, -0.25) is 14.5 Å². The van der Waals surface area contributed by atoms with Gasteiger partial charge in [-0.2, -0.15) is 0 Å². The standard InChI is InChI=1S/C18H16N2O3S3/c21-9-8-19(13-5-2-1-3-6-13)16(22)12-20-17(23)15(26-18(20)24)11-14-7-4-10-25-14/h1-7,10-11,21H,8-9,12H2/b15-11+. The van der Waals surface area contributed by atoms with E-state index in [0.29, 0.717) is 14.9 Å². The van der Waals surface area contributed by atoms with Crippen molar-refractivity contribution in [3.8, 4) is 0 Å². The molecule has 0 radical (unpaired) electrons. The van der Waals surface area contributed by atoms with E-state index in [9.17, 15) is 14.7 Å². The number of benzene rings is 1. The van der Waals surface area contributed by atoms with Crippen LogP contribution in [0.1, 0.15) is 4.88 Å². The van der Waals surface area contributed by atoms with Crippen molar-refractivity contribution < 1.29 is 14.7 Å². The van der Waals surface area contributed by atoms with Gasteiger partial charge in [-0.05, 0) is 29.7 Å². The Morgan fingerprint density at radius 3 is 2.65 bits per heavy atom. The Bertz CT molecular complexity index is 835. The van der Waals surface area contributed by atoms with E-state index in [4.69, 9.17) is 12.2 Å². The summed E-state index contributed by atoms with van der Waals surface area (Å²) in [5.74, 6) is -0.558. The number of thiocarbonyl (C=S) groups is 1. The molecule has 0 atom stereocenters. The molecule has 0 unspecified atom stereocenters. The quantitative estimate of drug-likeness (QED) is 0.592. The van der Waals surface area contributed by atoms with E-state index in [-0.39, 0.29) is 31.5 Å². The second-order valence-corrected chi connectivity index (χ2v) is 8.04. The molecule has 1 aromatic heterocycles. The first-order valence-electron chi connectivity index (χ1n) is 7.85. The Labute approximate surface area is 164 Å². The SMILES string of the molecule is O=C1/C(=C\c2cccs2)SC(=S)N1CC(=O)N(CCO)c1ccccc1. The average molecular weight is 405 g/mol. The molecule has 1 saturated heterocycles. The van der Waals surface area contributed by atoms with Crippen LogP contribution in [0, 0.1) is 0 Å². The molecule has 134 valence electrons. The molecule has 0 aliphatic carbocycles. The van der Waals surface area contributed by atoms with Crippen LogP contribution in [0.2, 0.25) is 0 Å². The summed E-state index contributed by atoms with van der Waals surface area (Å²) < 4.78 is 0.364. The predicted molar refractivity (Wildman–Crippen MR) is 110 cm³/mol. The van der Waals surface area contributed by atoms with Gasteiger partial charge in [-0.15, -0.1) is 11.3 Å². The maximum Gasteiger partial charge on any atom is 0.266 e. The van der Waals surface area contributed by atoms with Gasteiger partial charge in [0, 0.05) is 17.1 Å². The maximum absolute atomic E-state index is 12.7. The lowest BCUT2D eigenvalue weighted by atomic mass is 10.2. The Morgan fingerprint density at radius 1 is 1.23 bits per heavy atom. The molecule has 2 amide bonds. The zero-order chi connectivity index (χ0) is 18.5. The van der Waals surface area contributed by atoms with Crippen LogP contribution in [0.15, 0.2) is 52.7 Å². The van der Waals surface area contributed by atoms with Crippen LogP contribution in [-0.4, -0.2) is 45.8 Å². The lowest BCUT2D eigenvalue weighted by Crippen LogP contribution is -2.43. The number of aliphatic hydroxyl groups is 1. The highest BCUT2D eigenvalue weighted by atomic mass is 32.2. The fourth-order valence-corrected chi connectivity index (χ4v) is 4.44. The molecule has 0 bridgehead atoms. The van der Waals surface area contributed by atoms with Crippen LogP contribution in [0.25, 0.3) is 6.08 Å². The Hall–Kier alpha value is -2.00. The fourth-order valence-electron chi connectivity index (χ4n) is 2.47. The van der Waals surface area contributed by atoms with Gasteiger partial charge < -0.3 is 10.0 Å². The van der Waals surface area contributed by atoms with Crippen molar-refractivity contribution in [1.29, 1.82) is 0 Å². The number of aliphatic hydroxyl groups excluding tert-OH is 1. The van der Waals surface area contributed by atoms with Gasteiger partial charge in [0.25, 0.3) is 5.91 Å². The van der Waals surface area contributed by atoms with Crippen molar-refractivity contribution >= 4 is 63.2 Å².